The molecule has 8 nitrogen and oxygen atoms in total. The lowest BCUT2D eigenvalue weighted by Crippen LogP contribution is -2.39. The van der Waals surface area contributed by atoms with E-state index in [9.17, 15) is 9.59 Å². The van der Waals surface area contributed by atoms with E-state index < -0.39 is 5.69 Å². The van der Waals surface area contributed by atoms with Gasteiger partial charge in [0.05, 0.1) is 18.8 Å². The molecule has 3 rings (SSSR count). The zero-order valence-corrected chi connectivity index (χ0v) is 14.7. The van der Waals surface area contributed by atoms with E-state index in [-0.39, 0.29) is 11.0 Å². The van der Waals surface area contributed by atoms with Crippen LogP contribution in [0, 0.1) is 5.41 Å². The van der Waals surface area contributed by atoms with Gasteiger partial charge >= 0.3 is 5.69 Å². The Morgan fingerprint density at radius 1 is 1.21 bits per heavy atom. The Bertz CT molecular complexity index is 983. The molecule has 1 aliphatic heterocycles. The van der Waals surface area contributed by atoms with Crippen LogP contribution in [0.25, 0.3) is 11.2 Å². The van der Waals surface area contributed by atoms with Crippen molar-refractivity contribution in [1.82, 2.24) is 18.7 Å². The Labute approximate surface area is 139 Å². The molecule has 2 aromatic heterocycles. The Kier molecular flexibility index (Phi) is 3.51. The van der Waals surface area contributed by atoms with Gasteiger partial charge in [0, 0.05) is 19.5 Å². The predicted molar refractivity (Wildman–Crippen MR) is 94.6 cm³/mol. The van der Waals surface area contributed by atoms with Gasteiger partial charge < -0.3 is 0 Å². The number of hydrazone groups is 1. The van der Waals surface area contributed by atoms with Crippen LogP contribution in [0.1, 0.15) is 20.8 Å². The quantitative estimate of drug-likeness (QED) is 0.765. The normalized spacial score (nSPS) is 14.7. The maximum absolute atomic E-state index is 12.7. The van der Waals surface area contributed by atoms with Gasteiger partial charge in [-0.15, -0.1) is 6.58 Å². The number of anilines is 1. The molecule has 24 heavy (non-hydrogen) atoms. The van der Waals surface area contributed by atoms with Crippen molar-refractivity contribution < 1.29 is 0 Å². The highest BCUT2D eigenvalue weighted by Gasteiger charge is 2.31. The van der Waals surface area contributed by atoms with Gasteiger partial charge in [-0.2, -0.15) is 10.1 Å². The SMILES string of the molecule is C=CCN1N=C(C(C)(C)C)Cn2c1nc1c2c(=O)n(C)c(=O)n1C. The Morgan fingerprint density at radius 3 is 2.46 bits per heavy atom. The lowest BCUT2D eigenvalue weighted by atomic mass is 9.89. The van der Waals surface area contributed by atoms with Crippen molar-refractivity contribution in [3.63, 3.8) is 0 Å². The van der Waals surface area contributed by atoms with E-state index in [2.05, 4.69) is 37.4 Å². The minimum Gasteiger partial charge on any atom is -0.297 e. The van der Waals surface area contributed by atoms with Crippen LogP contribution in [0.15, 0.2) is 27.3 Å². The van der Waals surface area contributed by atoms with Crippen molar-refractivity contribution in [2.24, 2.45) is 24.6 Å². The van der Waals surface area contributed by atoms with Gasteiger partial charge in [-0.3, -0.25) is 18.5 Å². The molecular formula is C16H22N6O2. The van der Waals surface area contributed by atoms with Crippen molar-refractivity contribution in [3.8, 4) is 0 Å². The topological polar surface area (TPSA) is 77.4 Å². The van der Waals surface area contributed by atoms with E-state index in [0.29, 0.717) is 30.2 Å². The molecule has 0 aliphatic carbocycles. The van der Waals surface area contributed by atoms with E-state index in [1.807, 2.05) is 4.57 Å². The van der Waals surface area contributed by atoms with Crippen LogP contribution >= 0.6 is 0 Å². The fourth-order valence-corrected chi connectivity index (χ4v) is 2.79. The maximum Gasteiger partial charge on any atom is 0.332 e. The molecule has 0 N–H and O–H groups in total. The molecule has 0 fully saturated rings. The molecule has 0 saturated heterocycles. The lowest BCUT2D eigenvalue weighted by Gasteiger charge is -2.30. The van der Waals surface area contributed by atoms with Crippen LogP contribution in [0.3, 0.4) is 0 Å². The maximum atomic E-state index is 12.7. The summed E-state index contributed by atoms with van der Waals surface area (Å²) in [7, 11) is 3.10. The van der Waals surface area contributed by atoms with Gasteiger partial charge in [0.2, 0.25) is 5.95 Å². The Morgan fingerprint density at radius 2 is 1.88 bits per heavy atom. The van der Waals surface area contributed by atoms with Gasteiger partial charge in [0.1, 0.15) is 0 Å². The summed E-state index contributed by atoms with van der Waals surface area (Å²) in [6.07, 6.45) is 1.73. The molecule has 0 saturated carbocycles. The van der Waals surface area contributed by atoms with Crippen molar-refractivity contribution >= 4 is 22.8 Å². The minimum atomic E-state index is -0.393. The van der Waals surface area contributed by atoms with Crippen LogP contribution in [-0.2, 0) is 20.6 Å². The predicted octanol–water partition coefficient (Wildman–Crippen LogP) is 0.842. The number of aryl methyl sites for hydroxylation is 1. The third-order valence-corrected chi connectivity index (χ3v) is 4.28. The molecule has 8 heteroatoms. The average Bonchev–Trinajstić information content (AvgIpc) is 2.90. The van der Waals surface area contributed by atoms with Crippen LogP contribution in [0.4, 0.5) is 5.95 Å². The summed E-state index contributed by atoms with van der Waals surface area (Å²) in [4.78, 5) is 29.3. The molecule has 2 aromatic rings. The lowest BCUT2D eigenvalue weighted by molar-refractivity contribution is 0.552. The minimum absolute atomic E-state index is 0.153. The zero-order chi connectivity index (χ0) is 17.8. The number of fused-ring (bicyclic) bond motifs is 3. The summed E-state index contributed by atoms with van der Waals surface area (Å²) in [6.45, 7) is 10.9. The number of hydrogen-bond acceptors (Lipinski definition) is 5. The Balaban J connectivity index is 2.37. The highest BCUT2D eigenvalue weighted by molar-refractivity contribution is 5.93. The van der Waals surface area contributed by atoms with Crippen LogP contribution in [0.5, 0.6) is 0 Å². The Hall–Kier alpha value is -2.64. The van der Waals surface area contributed by atoms with Crippen LogP contribution in [-0.4, -0.2) is 30.9 Å². The molecular weight excluding hydrogens is 308 g/mol. The fourth-order valence-electron chi connectivity index (χ4n) is 2.79. The molecule has 1 aliphatic rings. The molecule has 0 atom stereocenters. The monoisotopic (exact) mass is 330 g/mol. The molecule has 0 amide bonds. The van der Waals surface area contributed by atoms with Crippen molar-refractivity contribution in [2.45, 2.75) is 27.3 Å². The number of nitrogens with zero attached hydrogens (tertiary/aromatic N) is 6. The molecule has 0 radical (unpaired) electrons. The molecule has 0 aromatic carbocycles. The first kappa shape index (κ1) is 16.2. The summed E-state index contributed by atoms with van der Waals surface area (Å²) in [6, 6.07) is 0. The summed E-state index contributed by atoms with van der Waals surface area (Å²) in [5.41, 5.74) is 0.834. The molecule has 0 unspecified atom stereocenters. The number of hydrogen-bond donors (Lipinski definition) is 0. The van der Waals surface area contributed by atoms with E-state index in [1.165, 1.54) is 11.6 Å². The zero-order valence-electron chi connectivity index (χ0n) is 14.7. The largest absolute Gasteiger partial charge is 0.332 e. The van der Waals surface area contributed by atoms with Crippen molar-refractivity contribution in [2.75, 3.05) is 11.6 Å². The molecule has 128 valence electrons. The van der Waals surface area contributed by atoms with Crippen LogP contribution < -0.4 is 16.3 Å². The van der Waals surface area contributed by atoms with E-state index in [0.717, 1.165) is 10.3 Å². The molecule has 0 bridgehead atoms. The number of aromatic nitrogens is 4. The van der Waals surface area contributed by atoms with Gasteiger partial charge in [0.25, 0.3) is 5.56 Å². The first-order chi connectivity index (χ1) is 11.2. The third-order valence-electron chi connectivity index (χ3n) is 4.28. The first-order valence-corrected chi connectivity index (χ1v) is 7.79. The number of imidazole rings is 1. The summed E-state index contributed by atoms with van der Waals surface area (Å²) >= 11 is 0. The average molecular weight is 330 g/mol. The van der Waals surface area contributed by atoms with Gasteiger partial charge in [-0.05, 0) is 0 Å². The second-order valence-corrected chi connectivity index (χ2v) is 7.04. The van der Waals surface area contributed by atoms with E-state index in [4.69, 9.17) is 0 Å². The third kappa shape index (κ3) is 2.21. The van der Waals surface area contributed by atoms with E-state index in [1.54, 1.807) is 18.1 Å². The summed E-state index contributed by atoms with van der Waals surface area (Å²) in [5, 5.41) is 6.41. The standard InChI is InChI=1S/C16H22N6O2/c1-7-8-22-14-17-12-11(13(23)20(6)15(24)19(12)5)21(14)9-10(18-22)16(2,3)4/h7H,1,8-9H2,2-6H3. The van der Waals surface area contributed by atoms with Crippen molar-refractivity contribution in [1.29, 1.82) is 0 Å². The smallest absolute Gasteiger partial charge is 0.297 e. The summed E-state index contributed by atoms with van der Waals surface area (Å²) in [5.74, 6) is 0.552. The van der Waals surface area contributed by atoms with Crippen LogP contribution in [0.2, 0.25) is 0 Å². The number of rotatable bonds is 2. The van der Waals surface area contributed by atoms with E-state index >= 15 is 0 Å². The second kappa shape index (κ2) is 5.19. The highest BCUT2D eigenvalue weighted by atomic mass is 16.2. The fraction of sp³-hybridized carbons (Fsp3) is 0.500. The van der Waals surface area contributed by atoms with Gasteiger partial charge in [-0.1, -0.05) is 26.8 Å². The van der Waals surface area contributed by atoms with Crippen molar-refractivity contribution in [3.05, 3.63) is 33.5 Å². The molecule has 0 spiro atoms. The first-order valence-electron chi connectivity index (χ1n) is 7.79. The van der Waals surface area contributed by atoms with Gasteiger partial charge in [-0.25, -0.2) is 9.80 Å². The van der Waals surface area contributed by atoms with Gasteiger partial charge in [0.15, 0.2) is 11.2 Å². The highest BCUT2D eigenvalue weighted by Crippen LogP contribution is 2.28. The molecule has 3 heterocycles. The summed E-state index contributed by atoms with van der Waals surface area (Å²) < 4.78 is 4.34. The second-order valence-electron chi connectivity index (χ2n) is 7.04.